The number of benzene rings is 1. The first-order valence-electron chi connectivity index (χ1n) is 4.38. The molecular weight excluding hydrogens is 283 g/mol. The minimum atomic E-state index is -1.01. The molecule has 5 heteroatoms. The lowest BCUT2D eigenvalue weighted by Crippen LogP contribution is -2.19. The number of aryl methyl sites for hydroxylation is 1. The minimum absolute atomic E-state index is 0.000878. The Morgan fingerprint density at radius 3 is 2.47 bits per heavy atom. The lowest BCUT2D eigenvalue weighted by atomic mass is 10.0. The number of alkyl halides is 1. The molecule has 1 aromatic rings. The predicted molar refractivity (Wildman–Crippen MR) is 62.6 cm³/mol. The number of aromatic hydroxyl groups is 1. The quantitative estimate of drug-likeness (QED) is 0.749. The number of halogens is 2. The third-order valence-corrected chi connectivity index (χ3v) is 3.09. The van der Waals surface area contributed by atoms with Crippen molar-refractivity contribution < 1.29 is 15.3 Å². The van der Waals surface area contributed by atoms with Crippen LogP contribution in [-0.4, -0.2) is 26.8 Å². The van der Waals surface area contributed by atoms with Crippen molar-refractivity contribution in [2.24, 2.45) is 0 Å². The summed E-state index contributed by atoms with van der Waals surface area (Å²) in [7, 11) is 0. The van der Waals surface area contributed by atoms with E-state index in [1.54, 1.807) is 13.0 Å². The molecule has 0 aromatic heterocycles. The molecule has 2 atom stereocenters. The lowest BCUT2D eigenvalue weighted by molar-refractivity contribution is 0.0342. The summed E-state index contributed by atoms with van der Waals surface area (Å²) in [4.78, 5) is 0. The zero-order valence-electron chi connectivity index (χ0n) is 8.11. The van der Waals surface area contributed by atoms with Crippen molar-refractivity contribution in [1.82, 2.24) is 0 Å². The van der Waals surface area contributed by atoms with Gasteiger partial charge in [0.1, 0.15) is 11.9 Å². The molecule has 0 bridgehead atoms. The fourth-order valence-corrected chi connectivity index (χ4v) is 1.87. The summed E-state index contributed by atoms with van der Waals surface area (Å²) in [6.45, 7) is 1.68. The van der Waals surface area contributed by atoms with Gasteiger partial charge in [-0.2, -0.15) is 0 Å². The Labute approximate surface area is 101 Å². The van der Waals surface area contributed by atoms with Gasteiger partial charge in [-0.05, 0) is 30.2 Å². The van der Waals surface area contributed by atoms with E-state index in [1.807, 2.05) is 0 Å². The average Bonchev–Trinajstić information content (AvgIpc) is 2.23. The number of aliphatic hydroxyl groups is 2. The van der Waals surface area contributed by atoms with Crippen LogP contribution in [0.5, 0.6) is 5.75 Å². The molecule has 1 aromatic carbocycles. The topological polar surface area (TPSA) is 60.7 Å². The van der Waals surface area contributed by atoms with Gasteiger partial charge in [-0.25, -0.2) is 0 Å². The van der Waals surface area contributed by atoms with Gasteiger partial charge in [-0.1, -0.05) is 27.5 Å². The molecule has 0 amide bonds. The highest BCUT2D eigenvalue weighted by Crippen LogP contribution is 2.31. The highest BCUT2D eigenvalue weighted by Gasteiger charge is 2.19. The molecule has 0 heterocycles. The van der Waals surface area contributed by atoms with Crippen LogP contribution in [0.1, 0.15) is 17.2 Å². The lowest BCUT2D eigenvalue weighted by Gasteiger charge is -2.17. The van der Waals surface area contributed by atoms with Crippen LogP contribution >= 0.6 is 27.5 Å². The molecule has 84 valence electrons. The summed E-state index contributed by atoms with van der Waals surface area (Å²) >= 11 is 8.83. The van der Waals surface area contributed by atoms with Crippen LogP contribution in [-0.2, 0) is 0 Å². The van der Waals surface area contributed by atoms with E-state index in [2.05, 4.69) is 15.9 Å². The van der Waals surface area contributed by atoms with E-state index in [9.17, 15) is 15.3 Å². The van der Waals surface area contributed by atoms with Crippen LogP contribution < -0.4 is 0 Å². The molecule has 0 spiro atoms. The van der Waals surface area contributed by atoms with Crippen molar-refractivity contribution in [2.45, 2.75) is 19.1 Å². The second-order valence-electron chi connectivity index (χ2n) is 3.33. The van der Waals surface area contributed by atoms with Gasteiger partial charge in [0.2, 0.25) is 0 Å². The second kappa shape index (κ2) is 5.16. The first-order valence-corrected chi connectivity index (χ1v) is 5.88. The molecule has 3 nitrogen and oxygen atoms in total. The van der Waals surface area contributed by atoms with Gasteiger partial charge in [-0.3, -0.25) is 0 Å². The number of rotatable bonds is 3. The summed E-state index contributed by atoms with van der Waals surface area (Å²) in [5.74, 6) is 0.000878. The molecule has 15 heavy (non-hydrogen) atoms. The first kappa shape index (κ1) is 12.8. The predicted octanol–water partition coefficient (Wildman–Crippen LogP) is 2.14. The van der Waals surface area contributed by atoms with Gasteiger partial charge in [0.25, 0.3) is 0 Å². The molecular formula is C10H12BrClO3. The van der Waals surface area contributed by atoms with Crippen molar-refractivity contribution in [1.29, 1.82) is 0 Å². The molecule has 1 rings (SSSR count). The van der Waals surface area contributed by atoms with Crippen molar-refractivity contribution in [2.75, 3.05) is 5.33 Å². The van der Waals surface area contributed by atoms with E-state index in [4.69, 9.17) is 11.6 Å². The second-order valence-corrected chi connectivity index (χ2v) is 4.39. The Bertz CT molecular complexity index is 334. The summed E-state index contributed by atoms with van der Waals surface area (Å²) in [6, 6.07) is 3.04. The van der Waals surface area contributed by atoms with E-state index in [0.717, 1.165) is 0 Å². The first-order chi connectivity index (χ1) is 6.97. The highest BCUT2D eigenvalue weighted by atomic mass is 79.9. The number of aliphatic hydroxyl groups excluding tert-OH is 2. The van der Waals surface area contributed by atoms with Gasteiger partial charge in [0, 0.05) is 5.33 Å². The zero-order valence-corrected chi connectivity index (χ0v) is 10.5. The fourth-order valence-electron chi connectivity index (χ4n) is 1.24. The molecule has 0 aliphatic carbocycles. The number of hydrogen-bond donors (Lipinski definition) is 3. The number of phenolic OH excluding ortho intramolecular Hbond substituents is 1. The van der Waals surface area contributed by atoms with Gasteiger partial charge < -0.3 is 15.3 Å². The highest BCUT2D eigenvalue weighted by molar-refractivity contribution is 9.09. The Kier molecular flexibility index (Phi) is 4.40. The van der Waals surface area contributed by atoms with Crippen molar-refractivity contribution in [3.63, 3.8) is 0 Å². The van der Waals surface area contributed by atoms with E-state index < -0.39 is 12.2 Å². The van der Waals surface area contributed by atoms with Crippen molar-refractivity contribution in [3.05, 3.63) is 28.3 Å². The SMILES string of the molecule is Cc1cc(C(O)C(O)CBr)cc(Cl)c1O. The van der Waals surface area contributed by atoms with E-state index in [0.29, 0.717) is 11.1 Å². The zero-order chi connectivity index (χ0) is 11.6. The maximum absolute atomic E-state index is 9.71. The molecule has 0 radical (unpaired) electrons. The maximum atomic E-state index is 9.71. The molecule has 2 unspecified atom stereocenters. The normalized spacial score (nSPS) is 15.0. The number of phenols is 1. The van der Waals surface area contributed by atoms with Crippen molar-refractivity contribution >= 4 is 27.5 Å². The monoisotopic (exact) mass is 294 g/mol. The molecule has 0 aliphatic rings. The van der Waals surface area contributed by atoms with E-state index in [-0.39, 0.29) is 16.1 Å². The van der Waals surface area contributed by atoms with Crippen LogP contribution in [0, 0.1) is 6.92 Å². The molecule has 0 aliphatic heterocycles. The van der Waals surface area contributed by atoms with Crippen LogP contribution in [0.4, 0.5) is 0 Å². The summed E-state index contributed by atoms with van der Waals surface area (Å²) in [5, 5.41) is 29.0. The largest absolute Gasteiger partial charge is 0.506 e. The standard InChI is InChI=1S/C10H12BrClO3/c1-5-2-6(3-7(12)9(5)14)10(15)8(13)4-11/h2-3,8,10,13-15H,4H2,1H3. The van der Waals surface area contributed by atoms with Gasteiger partial charge in [0.15, 0.2) is 0 Å². The average molecular weight is 296 g/mol. The van der Waals surface area contributed by atoms with E-state index >= 15 is 0 Å². The third-order valence-electron chi connectivity index (χ3n) is 2.14. The van der Waals surface area contributed by atoms with Crippen molar-refractivity contribution in [3.8, 4) is 5.75 Å². The molecule has 0 saturated heterocycles. The fraction of sp³-hybridized carbons (Fsp3) is 0.400. The van der Waals surface area contributed by atoms with E-state index in [1.165, 1.54) is 6.07 Å². The number of hydrogen-bond acceptors (Lipinski definition) is 3. The molecule has 3 N–H and O–H groups in total. The summed E-state index contributed by atoms with van der Waals surface area (Å²) < 4.78 is 0. The minimum Gasteiger partial charge on any atom is -0.506 e. The smallest absolute Gasteiger partial charge is 0.137 e. The van der Waals surface area contributed by atoms with Gasteiger partial charge >= 0.3 is 0 Å². The van der Waals surface area contributed by atoms with Crippen LogP contribution in [0.3, 0.4) is 0 Å². The Balaban J connectivity index is 3.06. The third kappa shape index (κ3) is 2.84. The van der Waals surface area contributed by atoms with Crippen LogP contribution in [0.25, 0.3) is 0 Å². The summed E-state index contributed by atoms with van der Waals surface area (Å²) in [6.07, 6.45) is -1.91. The van der Waals surface area contributed by atoms with Crippen LogP contribution in [0.2, 0.25) is 5.02 Å². The summed E-state index contributed by atoms with van der Waals surface area (Å²) in [5.41, 5.74) is 1.06. The Hall–Kier alpha value is -0.290. The Morgan fingerprint density at radius 1 is 1.40 bits per heavy atom. The Morgan fingerprint density at radius 2 is 2.00 bits per heavy atom. The molecule has 0 fully saturated rings. The van der Waals surface area contributed by atoms with Crippen LogP contribution in [0.15, 0.2) is 12.1 Å². The molecule has 0 saturated carbocycles. The van der Waals surface area contributed by atoms with Gasteiger partial charge in [-0.15, -0.1) is 0 Å². The van der Waals surface area contributed by atoms with Gasteiger partial charge in [0.05, 0.1) is 11.1 Å². The maximum Gasteiger partial charge on any atom is 0.137 e.